The van der Waals surface area contributed by atoms with Crippen molar-refractivity contribution in [3.63, 3.8) is 0 Å². The van der Waals surface area contributed by atoms with Crippen molar-refractivity contribution in [3.05, 3.63) is 26.6 Å². The number of esters is 1. The number of carbonyl (C=O) groups excluding carboxylic acids is 1. The van der Waals surface area contributed by atoms with Gasteiger partial charge >= 0.3 is 39.3 Å². The molecule has 32 heavy (non-hydrogen) atoms. The van der Waals surface area contributed by atoms with Crippen LogP contribution in [0.15, 0.2) is 0 Å². The van der Waals surface area contributed by atoms with Crippen molar-refractivity contribution in [1.29, 1.82) is 0 Å². The number of ether oxygens (including phenoxy) is 1. The molecule has 0 amide bonds. The SMILES string of the molecule is CCC(=O)OC[C@H]1C[N-][C@@H]2CCCC[C@H]2[N-]CC[N-]C2CCCCC2[N-]CC[N-]1.[Cl][Mn][Cl]. The Morgan fingerprint density at radius 2 is 1.19 bits per heavy atom. The van der Waals surface area contributed by atoms with Crippen LogP contribution in [0.3, 0.4) is 0 Å². The first-order chi connectivity index (χ1) is 15.7. The van der Waals surface area contributed by atoms with Crippen LogP contribution in [0.4, 0.5) is 0 Å². The zero-order chi connectivity index (χ0) is 23.0. The molecule has 5 atom stereocenters. The van der Waals surface area contributed by atoms with Gasteiger partial charge in [0.25, 0.3) is 0 Å². The Morgan fingerprint density at radius 1 is 0.781 bits per heavy atom. The molecular weight excluding hydrogens is 492 g/mol. The predicted molar refractivity (Wildman–Crippen MR) is 130 cm³/mol. The summed E-state index contributed by atoms with van der Waals surface area (Å²) in [4.78, 5) is 11.6. The Labute approximate surface area is 209 Å². The molecule has 0 bridgehead atoms. The van der Waals surface area contributed by atoms with E-state index in [1.807, 2.05) is 6.92 Å². The van der Waals surface area contributed by atoms with E-state index in [-0.39, 0.29) is 31.2 Å². The molecule has 0 spiro atoms. The molecule has 0 N–H and O–H groups in total. The van der Waals surface area contributed by atoms with Gasteiger partial charge in [0.05, 0.1) is 6.61 Å². The fourth-order valence-electron chi connectivity index (χ4n) is 4.66. The monoisotopic (exact) mass is 529 g/mol. The van der Waals surface area contributed by atoms with Gasteiger partial charge in [-0.3, -0.25) is 4.79 Å². The van der Waals surface area contributed by atoms with Crippen molar-refractivity contribution in [2.75, 3.05) is 39.3 Å². The Balaban J connectivity index is 0.00000114. The van der Waals surface area contributed by atoms with Crippen molar-refractivity contribution in [1.82, 2.24) is 0 Å². The van der Waals surface area contributed by atoms with E-state index >= 15 is 0 Å². The van der Waals surface area contributed by atoms with Crippen LogP contribution in [-0.2, 0) is 22.7 Å². The van der Waals surface area contributed by atoms with Gasteiger partial charge in [0, 0.05) is 6.42 Å². The van der Waals surface area contributed by atoms with E-state index in [4.69, 9.17) is 51.5 Å². The summed E-state index contributed by atoms with van der Waals surface area (Å²) in [5.74, 6) is -0.169. The quantitative estimate of drug-likeness (QED) is 0.321. The van der Waals surface area contributed by atoms with Gasteiger partial charge in [-0.1, -0.05) is 58.3 Å². The van der Waals surface area contributed by atoms with Crippen LogP contribution >= 0.6 is 20.2 Å². The van der Waals surface area contributed by atoms with E-state index in [0.717, 1.165) is 45.3 Å². The number of halogens is 2. The van der Waals surface area contributed by atoms with E-state index in [9.17, 15) is 4.79 Å². The Morgan fingerprint density at radius 3 is 1.62 bits per heavy atom. The maximum absolute atomic E-state index is 11.6. The molecule has 0 aromatic heterocycles. The molecule has 1 saturated heterocycles. The predicted octanol–water partition coefficient (Wildman–Crippen LogP) is 6.19. The molecule has 10 heteroatoms. The standard InChI is InChI=1S/C22H38N5O2.2ClH.Mn/c1-2-22(28)29-16-17-15-27-21-10-6-5-9-20(21)26-14-13-25-19-8-4-3-7-18(19)24-12-11-23-17;;;/h17-21H,2-16H2,1H3;2*1H;/q-5;;;+2/p-2/t17-,18?,19?,20-,21-;;;/m1.../s1. The maximum atomic E-state index is 11.6. The van der Waals surface area contributed by atoms with Gasteiger partial charge in [-0.2, -0.15) is 56.9 Å². The summed E-state index contributed by atoms with van der Waals surface area (Å²) in [5, 5.41) is 24.6. The van der Waals surface area contributed by atoms with Crippen LogP contribution < -0.4 is 0 Å². The fraction of sp³-hybridized carbons (Fsp3) is 0.955. The second kappa shape index (κ2) is 17.8. The molecule has 2 aliphatic carbocycles. The number of rotatable bonds is 3. The Bertz CT molecular complexity index is 509. The molecule has 2 unspecified atom stereocenters. The van der Waals surface area contributed by atoms with Gasteiger partial charge in [-0.05, 0) is 0 Å². The van der Waals surface area contributed by atoms with Crippen molar-refractivity contribution < 1.29 is 22.7 Å². The van der Waals surface area contributed by atoms with Crippen LogP contribution in [0.2, 0.25) is 0 Å². The van der Waals surface area contributed by atoms with Gasteiger partial charge in [-0.25, -0.2) is 0 Å². The van der Waals surface area contributed by atoms with E-state index in [1.165, 1.54) is 25.7 Å². The van der Waals surface area contributed by atoms with Gasteiger partial charge in [0.1, 0.15) is 0 Å². The van der Waals surface area contributed by atoms with E-state index < -0.39 is 0 Å². The molecule has 3 aliphatic rings. The molecular formula is C22H38Cl2MnN5O2-5. The molecule has 0 aromatic carbocycles. The zero-order valence-corrected chi connectivity index (χ0v) is 21.9. The van der Waals surface area contributed by atoms with E-state index in [1.54, 1.807) is 0 Å². The van der Waals surface area contributed by atoms with Gasteiger partial charge < -0.3 is 31.3 Å². The Hall–Kier alpha value is 0.369. The number of carbonyl (C=O) groups is 1. The van der Waals surface area contributed by atoms with Crippen LogP contribution in [0.5, 0.6) is 0 Å². The van der Waals surface area contributed by atoms with Crippen LogP contribution in [0.1, 0.15) is 64.7 Å². The molecule has 3 rings (SSSR count). The average Bonchev–Trinajstić information content (AvgIpc) is 2.82. The van der Waals surface area contributed by atoms with E-state index in [0.29, 0.717) is 44.2 Å². The van der Waals surface area contributed by atoms with Crippen molar-refractivity contribution in [2.24, 2.45) is 0 Å². The van der Waals surface area contributed by atoms with Crippen LogP contribution in [0.25, 0.3) is 26.6 Å². The molecule has 3 fully saturated rings. The number of hydrogen-bond acceptors (Lipinski definition) is 2. The van der Waals surface area contributed by atoms with Crippen LogP contribution in [0, 0.1) is 0 Å². The van der Waals surface area contributed by atoms with Gasteiger partial charge in [0.2, 0.25) is 0 Å². The minimum absolute atomic E-state index is 0.00694. The number of hydrogen-bond donors (Lipinski definition) is 0. The second-order valence-electron chi connectivity index (χ2n) is 8.57. The zero-order valence-electron chi connectivity index (χ0n) is 19.2. The third-order valence-corrected chi connectivity index (χ3v) is 6.34. The third kappa shape index (κ3) is 11.2. The molecule has 0 radical (unpaired) electrons. The first kappa shape index (κ1) is 28.6. The summed E-state index contributed by atoms with van der Waals surface area (Å²) in [5.41, 5.74) is 0. The van der Waals surface area contributed by atoms with E-state index in [2.05, 4.69) is 0 Å². The molecule has 1 aliphatic heterocycles. The Kier molecular flexibility index (Phi) is 15.9. The molecule has 2 saturated carbocycles. The fourth-order valence-corrected chi connectivity index (χ4v) is 4.66. The number of nitrogens with zero attached hydrogens (tertiary/aromatic N) is 5. The molecule has 0 aromatic rings. The summed E-state index contributed by atoms with van der Waals surface area (Å²) in [7, 11) is 9.59. The normalized spacial score (nSPS) is 32.7. The second-order valence-corrected chi connectivity index (χ2v) is 10.5. The third-order valence-electron chi connectivity index (χ3n) is 6.34. The summed E-state index contributed by atoms with van der Waals surface area (Å²) in [6.45, 7) is 5.79. The van der Waals surface area contributed by atoms with Crippen molar-refractivity contribution in [3.8, 4) is 0 Å². The summed E-state index contributed by atoms with van der Waals surface area (Å²) in [6.07, 6.45) is 9.90. The summed E-state index contributed by atoms with van der Waals surface area (Å²) in [6, 6.07) is 1.22. The van der Waals surface area contributed by atoms with Crippen LogP contribution in [-0.4, -0.2) is 75.5 Å². The average molecular weight is 530 g/mol. The summed E-state index contributed by atoms with van der Waals surface area (Å²) < 4.78 is 5.38. The van der Waals surface area contributed by atoms with Gasteiger partial charge in [-0.15, -0.1) is 6.04 Å². The summed E-state index contributed by atoms with van der Waals surface area (Å²) >= 11 is 0.00694. The molecule has 189 valence electrons. The first-order valence-corrected chi connectivity index (χ1v) is 15.3. The topological polar surface area (TPSA) is 96.8 Å². The number of fused-ring (bicyclic) bond motifs is 2. The molecule has 7 nitrogen and oxygen atoms in total. The van der Waals surface area contributed by atoms with Gasteiger partial charge in [0.15, 0.2) is 0 Å². The molecule has 1 heterocycles. The minimum atomic E-state index is -0.169. The van der Waals surface area contributed by atoms with Crippen molar-refractivity contribution >= 4 is 26.2 Å². The van der Waals surface area contributed by atoms with Crippen molar-refractivity contribution in [2.45, 2.75) is 94.9 Å². The first-order valence-electron chi connectivity index (χ1n) is 12.0.